The molecule has 0 aliphatic carbocycles. The summed E-state index contributed by atoms with van der Waals surface area (Å²) in [5.41, 5.74) is 5.91. The van der Waals surface area contributed by atoms with Crippen molar-refractivity contribution < 1.29 is 14.3 Å². The number of nitrogens with two attached hydrogens (primary N) is 1. The van der Waals surface area contributed by atoms with E-state index in [1.54, 1.807) is 0 Å². The Labute approximate surface area is 89.6 Å². The van der Waals surface area contributed by atoms with Gasteiger partial charge >= 0.3 is 11.9 Å². The molecule has 1 rings (SSSR count). The molecule has 1 saturated heterocycles. The van der Waals surface area contributed by atoms with Gasteiger partial charge in [-0.3, -0.25) is 4.79 Å². The predicted octanol–water partition coefficient (Wildman–Crippen LogP) is -0.255. The van der Waals surface area contributed by atoms with Crippen molar-refractivity contribution >= 4 is 11.9 Å². The third kappa shape index (κ3) is 2.68. The zero-order valence-electron chi connectivity index (χ0n) is 9.23. The van der Waals surface area contributed by atoms with Crippen molar-refractivity contribution in [3.05, 3.63) is 0 Å². The minimum atomic E-state index is -0.808. The van der Waals surface area contributed by atoms with E-state index in [0.717, 1.165) is 12.8 Å². The maximum atomic E-state index is 11.5. The SMILES string of the molecule is CCC1CCN(C(=O)C(=O)OC)CC1N. The van der Waals surface area contributed by atoms with E-state index in [1.807, 2.05) is 0 Å². The molecule has 5 nitrogen and oxygen atoms in total. The van der Waals surface area contributed by atoms with Gasteiger partial charge in [-0.1, -0.05) is 13.3 Å². The van der Waals surface area contributed by atoms with Crippen molar-refractivity contribution in [1.29, 1.82) is 0 Å². The van der Waals surface area contributed by atoms with Gasteiger partial charge in [-0.2, -0.15) is 0 Å². The number of carbonyl (C=O) groups is 2. The van der Waals surface area contributed by atoms with Crippen molar-refractivity contribution in [2.45, 2.75) is 25.8 Å². The molecule has 1 fully saturated rings. The molecule has 2 N–H and O–H groups in total. The molecule has 1 aliphatic rings. The van der Waals surface area contributed by atoms with Crippen molar-refractivity contribution in [2.75, 3.05) is 20.2 Å². The fourth-order valence-electron chi connectivity index (χ4n) is 1.94. The van der Waals surface area contributed by atoms with E-state index >= 15 is 0 Å². The predicted molar refractivity (Wildman–Crippen MR) is 55.0 cm³/mol. The lowest BCUT2D eigenvalue weighted by Gasteiger charge is -2.35. The fraction of sp³-hybridized carbons (Fsp3) is 0.800. The summed E-state index contributed by atoms with van der Waals surface area (Å²) in [6, 6.07) is -0.0302. The molecule has 1 heterocycles. The van der Waals surface area contributed by atoms with Gasteiger partial charge in [0.25, 0.3) is 0 Å². The molecule has 5 heteroatoms. The number of ether oxygens (including phenoxy) is 1. The number of carbonyl (C=O) groups excluding carboxylic acids is 2. The van der Waals surface area contributed by atoms with E-state index in [-0.39, 0.29) is 6.04 Å². The van der Waals surface area contributed by atoms with Crippen LogP contribution in [0.5, 0.6) is 0 Å². The fourth-order valence-corrected chi connectivity index (χ4v) is 1.94. The Bertz CT molecular complexity index is 255. The summed E-state index contributed by atoms with van der Waals surface area (Å²) in [5.74, 6) is -0.939. The zero-order chi connectivity index (χ0) is 11.4. The summed E-state index contributed by atoms with van der Waals surface area (Å²) in [4.78, 5) is 24.0. The van der Waals surface area contributed by atoms with Gasteiger partial charge in [0.1, 0.15) is 0 Å². The lowest BCUT2D eigenvalue weighted by Crippen LogP contribution is -2.52. The van der Waals surface area contributed by atoms with E-state index in [4.69, 9.17) is 5.73 Å². The molecule has 15 heavy (non-hydrogen) atoms. The van der Waals surface area contributed by atoms with Gasteiger partial charge in [0, 0.05) is 19.1 Å². The van der Waals surface area contributed by atoms with Crippen LogP contribution >= 0.6 is 0 Å². The molecule has 1 aliphatic heterocycles. The van der Waals surface area contributed by atoms with Gasteiger partial charge in [0.05, 0.1) is 7.11 Å². The Kier molecular flexibility index (Phi) is 4.08. The normalized spacial score (nSPS) is 26.2. The topological polar surface area (TPSA) is 72.6 Å². The van der Waals surface area contributed by atoms with Gasteiger partial charge < -0.3 is 15.4 Å². The molecule has 0 aromatic rings. The second-order valence-corrected chi connectivity index (χ2v) is 3.86. The Morgan fingerprint density at radius 3 is 2.67 bits per heavy atom. The van der Waals surface area contributed by atoms with Crippen molar-refractivity contribution in [1.82, 2.24) is 4.90 Å². The van der Waals surface area contributed by atoms with E-state index in [9.17, 15) is 9.59 Å². The lowest BCUT2D eigenvalue weighted by atomic mass is 9.90. The molecule has 0 saturated carbocycles. The highest BCUT2D eigenvalue weighted by molar-refractivity contribution is 6.32. The number of likely N-dealkylation sites (tertiary alicyclic amines) is 1. The monoisotopic (exact) mass is 214 g/mol. The number of hydrogen-bond acceptors (Lipinski definition) is 4. The average Bonchev–Trinajstić information content (AvgIpc) is 2.26. The molecule has 0 radical (unpaired) electrons. The maximum Gasteiger partial charge on any atom is 0.396 e. The highest BCUT2D eigenvalue weighted by Gasteiger charge is 2.31. The van der Waals surface area contributed by atoms with E-state index in [0.29, 0.717) is 19.0 Å². The lowest BCUT2D eigenvalue weighted by molar-refractivity contribution is -0.159. The molecule has 1 amide bonds. The van der Waals surface area contributed by atoms with E-state index < -0.39 is 11.9 Å². The Morgan fingerprint density at radius 2 is 2.20 bits per heavy atom. The molecule has 0 bridgehead atoms. The van der Waals surface area contributed by atoms with Crippen LogP contribution in [-0.2, 0) is 14.3 Å². The van der Waals surface area contributed by atoms with Crippen LogP contribution in [0, 0.1) is 5.92 Å². The Hall–Kier alpha value is -1.10. The van der Waals surface area contributed by atoms with Crippen LogP contribution in [0.3, 0.4) is 0 Å². The molecule has 0 aromatic carbocycles. The van der Waals surface area contributed by atoms with E-state index in [2.05, 4.69) is 11.7 Å². The van der Waals surface area contributed by atoms with Gasteiger partial charge in [0.15, 0.2) is 0 Å². The minimum Gasteiger partial charge on any atom is -0.462 e. The summed E-state index contributed by atoms with van der Waals surface area (Å²) < 4.78 is 4.38. The molecule has 2 unspecified atom stereocenters. The van der Waals surface area contributed by atoms with Crippen LogP contribution in [0.2, 0.25) is 0 Å². The highest BCUT2D eigenvalue weighted by atomic mass is 16.5. The summed E-state index contributed by atoms with van der Waals surface area (Å²) in [6.45, 7) is 3.13. The molecular weight excluding hydrogens is 196 g/mol. The van der Waals surface area contributed by atoms with Crippen LogP contribution in [0.15, 0.2) is 0 Å². The van der Waals surface area contributed by atoms with Gasteiger partial charge in [-0.05, 0) is 12.3 Å². The first kappa shape index (κ1) is 12.0. The molecular formula is C10H18N2O3. The summed E-state index contributed by atoms with van der Waals surface area (Å²) >= 11 is 0. The summed E-state index contributed by atoms with van der Waals surface area (Å²) in [6.07, 6.45) is 1.88. The third-order valence-electron chi connectivity index (χ3n) is 2.98. The molecule has 0 spiro atoms. The van der Waals surface area contributed by atoms with Crippen molar-refractivity contribution in [2.24, 2.45) is 11.7 Å². The van der Waals surface area contributed by atoms with Crippen molar-refractivity contribution in [3.63, 3.8) is 0 Å². The minimum absolute atomic E-state index is 0.0302. The van der Waals surface area contributed by atoms with Gasteiger partial charge in [-0.15, -0.1) is 0 Å². The number of nitrogens with zero attached hydrogens (tertiary/aromatic N) is 1. The summed E-state index contributed by atoms with van der Waals surface area (Å²) in [5, 5.41) is 0. The van der Waals surface area contributed by atoms with Crippen LogP contribution in [0.1, 0.15) is 19.8 Å². The second-order valence-electron chi connectivity index (χ2n) is 3.86. The number of amides is 1. The van der Waals surface area contributed by atoms with Crippen LogP contribution in [0.4, 0.5) is 0 Å². The number of hydrogen-bond donors (Lipinski definition) is 1. The largest absolute Gasteiger partial charge is 0.462 e. The summed E-state index contributed by atoms with van der Waals surface area (Å²) in [7, 11) is 1.21. The first-order chi connectivity index (χ1) is 7.10. The highest BCUT2D eigenvalue weighted by Crippen LogP contribution is 2.19. The van der Waals surface area contributed by atoms with Gasteiger partial charge in [0.2, 0.25) is 0 Å². The van der Waals surface area contributed by atoms with E-state index in [1.165, 1.54) is 12.0 Å². The van der Waals surface area contributed by atoms with Crippen molar-refractivity contribution in [3.8, 4) is 0 Å². The third-order valence-corrected chi connectivity index (χ3v) is 2.98. The number of rotatable bonds is 1. The van der Waals surface area contributed by atoms with Crippen LogP contribution in [-0.4, -0.2) is 43.0 Å². The number of piperidine rings is 1. The second kappa shape index (κ2) is 5.11. The smallest absolute Gasteiger partial charge is 0.396 e. The first-order valence-electron chi connectivity index (χ1n) is 5.23. The molecule has 2 atom stereocenters. The standard InChI is InChI=1S/C10H18N2O3/c1-3-7-4-5-12(6-8(7)11)9(13)10(14)15-2/h7-8H,3-6,11H2,1-2H3. The number of methoxy groups -OCH3 is 1. The maximum absolute atomic E-state index is 11.5. The first-order valence-corrected chi connectivity index (χ1v) is 5.23. The van der Waals surface area contributed by atoms with Crippen LogP contribution in [0.25, 0.3) is 0 Å². The zero-order valence-corrected chi connectivity index (χ0v) is 9.23. The average molecular weight is 214 g/mol. The molecule has 0 aromatic heterocycles. The Morgan fingerprint density at radius 1 is 1.53 bits per heavy atom. The Balaban J connectivity index is 2.54. The quantitative estimate of drug-likeness (QED) is 0.482. The molecule has 86 valence electrons. The van der Waals surface area contributed by atoms with Gasteiger partial charge in [-0.25, -0.2) is 4.79 Å². The number of esters is 1. The van der Waals surface area contributed by atoms with Crippen LogP contribution < -0.4 is 5.73 Å².